The van der Waals surface area contributed by atoms with E-state index in [2.05, 4.69) is 5.32 Å². The molecule has 0 radical (unpaired) electrons. The van der Waals surface area contributed by atoms with Crippen LogP contribution in [0.1, 0.15) is 47.0 Å². The average Bonchev–Trinajstić information content (AvgIpc) is 2.82. The highest BCUT2D eigenvalue weighted by Gasteiger charge is 2.24. The Bertz CT molecular complexity index is 814. The van der Waals surface area contributed by atoms with Crippen LogP contribution in [0.3, 0.4) is 0 Å². The summed E-state index contributed by atoms with van der Waals surface area (Å²) in [5.41, 5.74) is 7.06. The van der Waals surface area contributed by atoms with Crippen molar-refractivity contribution < 1.29 is 19.1 Å². The number of fused-ring (bicyclic) bond motifs is 1. The topological polar surface area (TPSA) is 90.7 Å². The van der Waals surface area contributed by atoms with Gasteiger partial charge in [-0.25, -0.2) is 0 Å². The molecule has 27 heavy (non-hydrogen) atoms. The second kappa shape index (κ2) is 8.90. The molecule has 6 nitrogen and oxygen atoms in total. The molecule has 1 aliphatic rings. The summed E-state index contributed by atoms with van der Waals surface area (Å²) in [5.74, 6) is 0.520. The largest absolute Gasteiger partial charge is 0.494 e. The Balaban J connectivity index is 1.64. The van der Waals surface area contributed by atoms with Gasteiger partial charge in [-0.1, -0.05) is 6.42 Å². The Hall–Kier alpha value is -2.54. The van der Waals surface area contributed by atoms with Crippen molar-refractivity contribution in [2.75, 3.05) is 18.5 Å². The minimum Gasteiger partial charge on any atom is -0.494 e. The van der Waals surface area contributed by atoms with Gasteiger partial charge in [0.05, 0.1) is 12.2 Å². The maximum Gasteiger partial charge on any atom is 0.262 e. The number of carbonyl (C=O) groups is 2. The van der Waals surface area contributed by atoms with E-state index in [4.69, 9.17) is 15.2 Å². The molecule has 1 aromatic heterocycles. The molecule has 3 rings (SSSR count). The fourth-order valence-electron chi connectivity index (χ4n) is 3.20. The number of carbonyl (C=O) groups excluding carboxylic acids is 2. The van der Waals surface area contributed by atoms with E-state index in [1.807, 2.05) is 6.92 Å². The van der Waals surface area contributed by atoms with E-state index in [0.717, 1.165) is 48.3 Å². The SMILES string of the molecule is CCOc1ccc(OCC(=O)Nc2sc3c(c2C(N)=O)CCCCC3)cc1. The minimum absolute atomic E-state index is 0.144. The Labute approximate surface area is 162 Å². The fraction of sp³-hybridized carbons (Fsp3) is 0.400. The maximum absolute atomic E-state index is 12.3. The van der Waals surface area contributed by atoms with Crippen LogP contribution in [-0.4, -0.2) is 25.0 Å². The zero-order chi connectivity index (χ0) is 19.2. The quantitative estimate of drug-likeness (QED) is 0.710. The van der Waals surface area contributed by atoms with Crippen LogP contribution >= 0.6 is 11.3 Å². The van der Waals surface area contributed by atoms with E-state index < -0.39 is 5.91 Å². The van der Waals surface area contributed by atoms with Crippen LogP contribution in [0.2, 0.25) is 0 Å². The normalized spacial score (nSPS) is 13.4. The zero-order valence-electron chi connectivity index (χ0n) is 15.4. The van der Waals surface area contributed by atoms with Gasteiger partial charge in [0.1, 0.15) is 16.5 Å². The number of ether oxygens (including phenoxy) is 2. The smallest absolute Gasteiger partial charge is 0.262 e. The van der Waals surface area contributed by atoms with E-state index in [1.165, 1.54) is 11.3 Å². The summed E-state index contributed by atoms with van der Waals surface area (Å²) in [6.07, 6.45) is 5.05. The molecule has 0 spiro atoms. The highest BCUT2D eigenvalue weighted by atomic mass is 32.1. The molecule has 1 aromatic carbocycles. The van der Waals surface area contributed by atoms with Gasteiger partial charge in [0.25, 0.3) is 11.8 Å². The summed E-state index contributed by atoms with van der Waals surface area (Å²) >= 11 is 1.46. The lowest BCUT2D eigenvalue weighted by Crippen LogP contribution is -2.22. The number of nitrogens with two attached hydrogens (primary N) is 1. The zero-order valence-corrected chi connectivity index (χ0v) is 16.2. The molecular formula is C20H24N2O4S. The van der Waals surface area contributed by atoms with Gasteiger partial charge in [-0.15, -0.1) is 11.3 Å². The third kappa shape index (κ3) is 4.80. The van der Waals surface area contributed by atoms with Crippen molar-refractivity contribution in [2.24, 2.45) is 5.73 Å². The number of amides is 2. The Morgan fingerprint density at radius 2 is 1.74 bits per heavy atom. The lowest BCUT2D eigenvalue weighted by atomic mass is 10.1. The highest BCUT2D eigenvalue weighted by molar-refractivity contribution is 7.17. The monoisotopic (exact) mass is 388 g/mol. The second-order valence-electron chi connectivity index (χ2n) is 6.37. The van der Waals surface area contributed by atoms with Crippen LogP contribution < -0.4 is 20.5 Å². The average molecular weight is 388 g/mol. The number of rotatable bonds is 7. The van der Waals surface area contributed by atoms with Gasteiger partial charge in [-0.05, 0) is 62.4 Å². The van der Waals surface area contributed by atoms with E-state index in [1.54, 1.807) is 24.3 Å². The molecule has 0 bridgehead atoms. The van der Waals surface area contributed by atoms with E-state index in [0.29, 0.717) is 22.9 Å². The van der Waals surface area contributed by atoms with Crippen molar-refractivity contribution in [3.63, 3.8) is 0 Å². The van der Waals surface area contributed by atoms with Crippen LogP contribution in [0.5, 0.6) is 11.5 Å². The summed E-state index contributed by atoms with van der Waals surface area (Å²) < 4.78 is 10.9. The van der Waals surface area contributed by atoms with Crippen molar-refractivity contribution >= 4 is 28.2 Å². The molecule has 0 unspecified atom stereocenters. The number of hydrogen-bond acceptors (Lipinski definition) is 5. The van der Waals surface area contributed by atoms with Crippen LogP contribution in [0.15, 0.2) is 24.3 Å². The number of primary amides is 1. The van der Waals surface area contributed by atoms with Gasteiger partial charge in [0, 0.05) is 4.88 Å². The summed E-state index contributed by atoms with van der Waals surface area (Å²) in [6.45, 7) is 2.36. The van der Waals surface area contributed by atoms with Crippen LogP contribution in [-0.2, 0) is 17.6 Å². The lowest BCUT2D eigenvalue weighted by molar-refractivity contribution is -0.118. The molecule has 2 aromatic rings. The maximum atomic E-state index is 12.3. The molecule has 144 valence electrons. The van der Waals surface area contributed by atoms with Crippen molar-refractivity contribution in [1.82, 2.24) is 0 Å². The number of hydrogen-bond donors (Lipinski definition) is 2. The lowest BCUT2D eigenvalue weighted by Gasteiger charge is -2.09. The number of benzene rings is 1. The van der Waals surface area contributed by atoms with Gasteiger partial charge in [-0.2, -0.15) is 0 Å². The third-order valence-electron chi connectivity index (χ3n) is 4.43. The van der Waals surface area contributed by atoms with Gasteiger partial charge in [0.2, 0.25) is 0 Å². The minimum atomic E-state index is -0.489. The molecule has 0 atom stereocenters. The summed E-state index contributed by atoms with van der Waals surface area (Å²) in [4.78, 5) is 25.4. The van der Waals surface area contributed by atoms with E-state index in [9.17, 15) is 9.59 Å². The molecular weight excluding hydrogens is 364 g/mol. The molecule has 0 fully saturated rings. The van der Waals surface area contributed by atoms with Crippen LogP contribution in [0.4, 0.5) is 5.00 Å². The Morgan fingerprint density at radius 3 is 2.41 bits per heavy atom. The standard InChI is InChI=1S/C20H24N2O4S/c1-2-25-13-8-10-14(11-9-13)26-12-17(23)22-20-18(19(21)24)15-6-4-3-5-7-16(15)27-20/h8-11H,2-7,12H2,1H3,(H2,21,24)(H,22,23). The van der Waals surface area contributed by atoms with Crippen molar-refractivity contribution in [3.8, 4) is 11.5 Å². The predicted molar refractivity (Wildman–Crippen MR) is 106 cm³/mol. The third-order valence-corrected chi connectivity index (χ3v) is 5.63. The molecule has 3 N–H and O–H groups in total. The Morgan fingerprint density at radius 1 is 1.07 bits per heavy atom. The van der Waals surface area contributed by atoms with Crippen LogP contribution in [0, 0.1) is 0 Å². The summed E-state index contributed by atoms with van der Waals surface area (Å²) in [5, 5.41) is 3.34. The number of anilines is 1. The molecule has 1 heterocycles. The molecule has 1 aliphatic carbocycles. The van der Waals surface area contributed by atoms with Crippen molar-refractivity contribution in [2.45, 2.75) is 39.0 Å². The Kier molecular flexibility index (Phi) is 6.34. The first-order valence-corrected chi connectivity index (χ1v) is 10.00. The van der Waals surface area contributed by atoms with E-state index in [-0.39, 0.29) is 12.5 Å². The van der Waals surface area contributed by atoms with Gasteiger partial charge in [-0.3, -0.25) is 9.59 Å². The van der Waals surface area contributed by atoms with Crippen molar-refractivity contribution in [1.29, 1.82) is 0 Å². The summed E-state index contributed by atoms with van der Waals surface area (Å²) in [7, 11) is 0. The fourth-order valence-corrected chi connectivity index (χ4v) is 4.51. The van der Waals surface area contributed by atoms with Gasteiger partial charge >= 0.3 is 0 Å². The van der Waals surface area contributed by atoms with Gasteiger partial charge in [0.15, 0.2) is 6.61 Å². The number of nitrogens with one attached hydrogen (secondary N) is 1. The van der Waals surface area contributed by atoms with E-state index >= 15 is 0 Å². The molecule has 7 heteroatoms. The molecule has 2 amide bonds. The second-order valence-corrected chi connectivity index (χ2v) is 7.48. The molecule has 0 aliphatic heterocycles. The number of aryl methyl sites for hydroxylation is 1. The molecule has 0 saturated carbocycles. The first-order valence-electron chi connectivity index (χ1n) is 9.18. The highest BCUT2D eigenvalue weighted by Crippen LogP contribution is 2.37. The number of thiophene rings is 1. The van der Waals surface area contributed by atoms with Crippen LogP contribution in [0.25, 0.3) is 0 Å². The molecule has 0 saturated heterocycles. The van der Waals surface area contributed by atoms with Gasteiger partial charge < -0.3 is 20.5 Å². The summed E-state index contributed by atoms with van der Waals surface area (Å²) in [6, 6.07) is 7.08. The first kappa shape index (κ1) is 19.2. The van der Waals surface area contributed by atoms with Crippen molar-refractivity contribution in [3.05, 3.63) is 40.3 Å². The first-order chi connectivity index (χ1) is 13.1. The predicted octanol–water partition coefficient (Wildman–Crippen LogP) is 3.53.